The van der Waals surface area contributed by atoms with Crippen molar-refractivity contribution < 1.29 is 114 Å². The Bertz CT molecular complexity index is 2080. The third-order valence-corrected chi connectivity index (χ3v) is 21.1. The molecule has 9 aliphatic rings. The number of fused-ring (bicyclic) bond motifs is 7. The van der Waals surface area contributed by atoms with Gasteiger partial charge in [-0.15, -0.1) is 0 Å². The fraction of sp³-hybridized carbons (Fsp3) is 0.942. The number of allylic oxidation sites excluding steroid dienone is 2. The summed E-state index contributed by atoms with van der Waals surface area (Å²) in [6.45, 7) is 13.2. The molecule has 29 atom stereocenters. The van der Waals surface area contributed by atoms with Crippen molar-refractivity contribution in [3.8, 4) is 0 Å². The second-order valence-electron chi connectivity index (χ2n) is 25.5. The Morgan fingerprint density at radius 1 is 0.613 bits per heavy atom. The summed E-state index contributed by atoms with van der Waals surface area (Å²) in [5, 5.41) is 151. The minimum atomic E-state index is -1.98. The molecular formula is C52H84O23. The predicted molar refractivity (Wildman–Crippen MR) is 254 cm³/mol. The van der Waals surface area contributed by atoms with Crippen LogP contribution in [0.5, 0.6) is 0 Å². The molecule has 4 aliphatic heterocycles. The van der Waals surface area contributed by atoms with Gasteiger partial charge in [0.05, 0.1) is 44.7 Å². The highest BCUT2D eigenvalue weighted by Crippen LogP contribution is 2.76. The minimum Gasteiger partial charge on any atom is -0.479 e. The van der Waals surface area contributed by atoms with Crippen LogP contribution in [0.3, 0.4) is 0 Å². The number of aliphatic carboxylic acids is 1. The maximum Gasteiger partial charge on any atom is 0.335 e. The van der Waals surface area contributed by atoms with Gasteiger partial charge in [-0.05, 0) is 90.8 Å². The Kier molecular flexibility index (Phi) is 16.0. The van der Waals surface area contributed by atoms with Crippen molar-refractivity contribution in [2.45, 2.75) is 229 Å². The first-order valence-corrected chi connectivity index (χ1v) is 26.8. The fourth-order valence-electron chi connectivity index (χ4n) is 16.2. The lowest BCUT2D eigenvalue weighted by molar-refractivity contribution is -0.367. The predicted octanol–water partition coefficient (Wildman–Crippen LogP) is -2.25. The van der Waals surface area contributed by atoms with Gasteiger partial charge in [0.2, 0.25) is 0 Å². The quantitative estimate of drug-likeness (QED) is 0.0768. The number of hydrogen-bond acceptors (Lipinski definition) is 22. The molecule has 9 rings (SSSR count). The number of hydrogen-bond donors (Lipinski definition) is 14. The van der Waals surface area contributed by atoms with Crippen molar-refractivity contribution in [1.82, 2.24) is 0 Å². The molecule has 5 aliphatic carbocycles. The zero-order chi connectivity index (χ0) is 54.9. The lowest BCUT2D eigenvalue weighted by atomic mass is 9.33. The molecule has 8 fully saturated rings. The molecule has 4 heterocycles. The summed E-state index contributed by atoms with van der Waals surface area (Å²) in [5.74, 6) is -1.68. The average molecular weight is 1080 g/mol. The lowest BCUT2D eigenvalue weighted by Gasteiger charge is -2.72. The van der Waals surface area contributed by atoms with E-state index in [1.54, 1.807) is 0 Å². The number of carboxylic acid groups (broad SMARTS) is 1. The summed E-state index contributed by atoms with van der Waals surface area (Å²) >= 11 is 0. The molecule has 0 unspecified atom stereocenters. The minimum absolute atomic E-state index is 0.0927. The number of carbonyl (C=O) groups is 1. The van der Waals surface area contributed by atoms with Crippen molar-refractivity contribution in [3.05, 3.63) is 11.6 Å². The van der Waals surface area contributed by atoms with Crippen LogP contribution in [0.4, 0.5) is 0 Å². The topological polar surface area (TPSA) is 374 Å². The summed E-state index contributed by atoms with van der Waals surface area (Å²) in [7, 11) is 0. The number of ether oxygens (including phenoxy) is 8. The molecule has 0 aromatic rings. The van der Waals surface area contributed by atoms with Crippen LogP contribution in [0.25, 0.3) is 0 Å². The highest BCUT2D eigenvalue weighted by atomic mass is 16.8. The zero-order valence-electron chi connectivity index (χ0n) is 43.9. The summed E-state index contributed by atoms with van der Waals surface area (Å²) in [5.41, 5.74) is -2.02. The van der Waals surface area contributed by atoms with Crippen molar-refractivity contribution in [2.24, 2.45) is 50.2 Å². The van der Waals surface area contributed by atoms with Gasteiger partial charge in [-0.1, -0.05) is 60.1 Å². The third kappa shape index (κ3) is 9.20. The Labute approximate surface area is 436 Å². The molecule has 430 valence electrons. The van der Waals surface area contributed by atoms with Crippen LogP contribution in [0.1, 0.15) is 99.8 Å². The van der Waals surface area contributed by atoms with Crippen molar-refractivity contribution in [1.29, 1.82) is 0 Å². The van der Waals surface area contributed by atoms with Gasteiger partial charge in [0.15, 0.2) is 31.3 Å². The summed E-state index contributed by atoms with van der Waals surface area (Å²) in [6, 6.07) is 0. The second kappa shape index (κ2) is 20.7. The van der Waals surface area contributed by atoms with Gasteiger partial charge >= 0.3 is 5.97 Å². The lowest BCUT2D eigenvalue weighted by Crippen LogP contribution is -2.69. The molecule has 23 heteroatoms. The molecule has 75 heavy (non-hydrogen) atoms. The highest BCUT2D eigenvalue weighted by molar-refractivity contribution is 5.73. The van der Waals surface area contributed by atoms with E-state index in [9.17, 15) is 76.3 Å². The summed E-state index contributed by atoms with van der Waals surface area (Å²) in [6.07, 6.45) is -24.9. The summed E-state index contributed by atoms with van der Waals surface area (Å²) < 4.78 is 47.9. The Morgan fingerprint density at radius 2 is 1.25 bits per heavy atom. The van der Waals surface area contributed by atoms with Gasteiger partial charge in [0.25, 0.3) is 0 Å². The fourth-order valence-corrected chi connectivity index (χ4v) is 16.2. The van der Waals surface area contributed by atoms with E-state index in [1.807, 2.05) is 20.8 Å². The average Bonchev–Trinajstić information content (AvgIpc) is 3.36. The first-order chi connectivity index (χ1) is 35.0. The second-order valence-corrected chi connectivity index (χ2v) is 25.5. The van der Waals surface area contributed by atoms with E-state index in [-0.39, 0.29) is 47.2 Å². The molecule has 23 nitrogen and oxygen atoms in total. The maximum absolute atomic E-state index is 12.3. The number of aliphatic hydroxyl groups is 13. The Hall–Kier alpha value is -1.63. The third-order valence-electron chi connectivity index (χ3n) is 21.1. The number of aliphatic hydroxyl groups excluding tert-OH is 13. The molecule has 14 N–H and O–H groups in total. The molecule has 0 radical (unpaired) electrons. The molecule has 0 bridgehead atoms. The Morgan fingerprint density at radius 3 is 1.91 bits per heavy atom. The first kappa shape index (κ1) is 58.0. The SMILES string of the molecule is CC1(C)C[C@H]2C3=CC[C@@H]4[C@@]5(C)CC[C@H](O[C@@H]6O[C@H](C(=O)O)[C@@H](O)[C@H](O)[C@H]6O[C@@H]6OC[C@H](O)[C@H](O)[C@H]6O)[C@@](C)(CO)[C@@H]5CC[C@@]4(C)[C@]3(C)CC[C@@]2(C)[C@H](O[C@@H]2OC[C@@H](O)[C@H](O[C@@H]3O[C@H](CO)[C@@H](O)[C@H](O)[C@H]3O)[C@@H]2O)[C@@H]1O. The molecule has 0 spiro atoms. The van der Waals surface area contributed by atoms with Gasteiger partial charge in [-0.25, -0.2) is 4.79 Å². The van der Waals surface area contributed by atoms with Crippen molar-refractivity contribution >= 4 is 5.97 Å². The number of carboxylic acids is 1. The summed E-state index contributed by atoms with van der Waals surface area (Å²) in [4.78, 5) is 12.3. The van der Waals surface area contributed by atoms with Gasteiger partial charge in [0.1, 0.15) is 79.4 Å². The molecule has 4 saturated heterocycles. The van der Waals surface area contributed by atoms with Crippen LogP contribution in [0.15, 0.2) is 11.6 Å². The zero-order valence-corrected chi connectivity index (χ0v) is 43.9. The van der Waals surface area contributed by atoms with E-state index in [1.165, 1.54) is 5.57 Å². The monoisotopic (exact) mass is 1080 g/mol. The van der Waals surface area contributed by atoms with Crippen LogP contribution in [0.2, 0.25) is 0 Å². The smallest absolute Gasteiger partial charge is 0.335 e. The van der Waals surface area contributed by atoms with Crippen LogP contribution in [-0.4, -0.2) is 233 Å². The van der Waals surface area contributed by atoms with Gasteiger partial charge in [0, 0.05) is 10.8 Å². The molecule has 0 amide bonds. The molecule has 0 aromatic carbocycles. The van der Waals surface area contributed by atoms with Crippen LogP contribution in [0, 0.1) is 50.2 Å². The van der Waals surface area contributed by atoms with Gasteiger partial charge in [-0.2, -0.15) is 0 Å². The van der Waals surface area contributed by atoms with Gasteiger partial charge in [-0.3, -0.25) is 0 Å². The van der Waals surface area contributed by atoms with E-state index in [0.29, 0.717) is 38.5 Å². The van der Waals surface area contributed by atoms with Crippen molar-refractivity contribution in [3.63, 3.8) is 0 Å². The van der Waals surface area contributed by atoms with Crippen molar-refractivity contribution in [2.75, 3.05) is 26.4 Å². The normalized spacial score (nSPS) is 55.9. The van der Waals surface area contributed by atoms with E-state index < -0.39 is 164 Å². The number of rotatable bonds is 11. The van der Waals surface area contributed by atoms with E-state index in [4.69, 9.17) is 37.9 Å². The first-order valence-electron chi connectivity index (χ1n) is 26.8. The van der Waals surface area contributed by atoms with Crippen LogP contribution >= 0.6 is 0 Å². The maximum atomic E-state index is 12.3. The van der Waals surface area contributed by atoms with E-state index in [0.717, 1.165) is 12.8 Å². The van der Waals surface area contributed by atoms with Crippen LogP contribution in [-0.2, 0) is 42.7 Å². The standard InChI is InChI=1S/C52H84O23/c1-47(2)16-22-21-8-9-27-49(4)12-11-28(71-46-39(33(61)32(60)38(73-46)42(66)67)74-43-34(62)29(57)23(55)18-68-43)50(5,20-54)26(49)10-13-52(27,7)51(21,6)15-14-48(22,3)41(40(47)65)75-44-36(64)37(24(56)19-69-44)72-45-35(63)31(59)30(58)25(17-53)70-45/h8,22-41,43-46,53-65H,9-20H2,1-7H3,(H,66,67)/t22-,23-,24+,25+,26+,27+,28-,29-,30+,31-,32-,33-,34+,35+,36-,37-,38-,39+,40-,41+,43-,44-,45-,46+,48+,49-,50-,51+,52+/m0/s1. The molecule has 4 saturated carbocycles. The molecular weight excluding hydrogens is 993 g/mol. The Balaban J connectivity index is 0.954. The van der Waals surface area contributed by atoms with Gasteiger partial charge < -0.3 is 109 Å². The highest BCUT2D eigenvalue weighted by Gasteiger charge is 2.71. The largest absolute Gasteiger partial charge is 0.479 e. The van der Waals surface area contributed by atoms with Crippen LogP contribution < -0.4 is 0 Å². The molecule has 0 aromatic heterocycles. The van der Waals surface area contributed by atoms with E-state index >= 15 is 0 Å². The van der Waals surface area contributed by atoms with E-state index in [2.05, 4.69) is 33.8 Å².